The van der Waals surface area contributed by atoms with Crippen LogP contribution in [0.15, 0.2) is 41.8 Å². The van der Waals surface area contributed by atoms with Crippen molar-refractivity contribution in [3.05, 3.63) is 52.9 Å². The molecular weight excluding hydrogens is 312 g/mol. The van der Waals surface area contributed by atoms with Crippen LogP contribution in [-0.2, 0) is 0 Å². The minimum Gasteiger partial charge on any atom is -0.478 e. The third-order valence-corrected chi connectivity index (χ3v) is 4.02. The number of nitrogens with zero attached hydrogens (tertiary/aromatic N) is 2. The first-order valence-electron chi connectivity index (χ1n) is 6.82. The minimum absolute atomic E-state index is 0.297. The van der Waals surface area contributed by atoms with Gasteiger partial charge < -0.3 is 16.2 Å². The molecule has 0 fully saturated rings. The Labute approximate surface area is 136 Å². The molecule has 6 nitrogen and oxygen atoms in total. The smallest absolute Gasteiger partial charge is 0.335 e. The Bertz CT molecular complexity index is 876. The molecule has 0 saturated heterocycles. The molecule has 2 heterocycles. The molecule has 0 spiro atoms. The first-order valence-corrected chi connectivity index (χ1v) is 7.70. The third-order valence-electron chi connectivity index (χ3n) is 3.26. The van der Waals surface area contributed by atoms with Gasteiger partial charge in [-0.2, -0.15) is 0 Å². The number of nitrogens with two attached hydrogens (primary N) is 1. The molecule has 3 aromatic rings. The quantitative estimate of drug-likeness (QED) is 0.678. The lowest BCUT2D eigenvalue weighted by molar-refractivity contribution is 0.0696. The van der Waals surface area contributed by atoms with Crippen LogP contribution in [0.4, 0.5) is 16.8 Å². The summed E-state index contributed by atoms with van der Waals surface area (Å²) in [6.07, 6.45) is 0. The molecule has 0 atom stereocenters. The van der Waals surface area contributed by atoms with Crippen LogP contribution in [0.5, 0.6) is 0 Å². The van der Waals surface area contributed by atoms with Crippen molar-refractivity contribution in [3.63, 3.8) is 0 Å². The Kier molecular flexibility index (Phi) is 3.94. The molecule has 0 radical (unpaired) electrons. The van der Waals surface area contributed by atoms with E-state index in [0.29, 0.717) is 27.9 Å². The summed E-state index contributed by atoms with van der Waals surface area (Å²) in [5.41, 5.74) is 8.30. The van der Waals surface area contributed by atoms with Crippen LogP contribution in [0.25, 0.3) is 11.3 Å². The van der Waals surface area contributed by atoms with E-state index in [-0.39, 0.29) is 0 Å². The number of aromatic carboxylic acids is 1. The average Bonchev–Trinajstić information content (AvgIpc) is 2.95. The number of aromatic nitrogens is 2. The summed E-state index contributed by atoms with van der Waals surface area (Å²) in [5, 5.41) is 14.8. The van der Waals surface area contributed by atoms with Crippen molar-refractivity contribution >= 4 is 34.1 Å². The number of pyridine rings is 1. The molecule has 0 aliphatic heterocycles. The molecule has 0 aliphatic carbocycles. The zero-order chi connectivity index (χ0) is 16.4. The van der Waals surface area contributed by atoms with Gasteiger partial charge in [-0.05, 0) is 36.8 Å². The zero-order valence-electron chi connectivity index (χ0n) is 12.3. The van der Waals surface area contributed by atoms with E-state index in [4.69, 9.17) is 10.8 Å². The van der Waals surface area contributed by atoms with Gasteiger partial charge in [-0.3, -0.25) is 0 Å². The fraction of sp³-hybridized carbons (Fsp3) is 0.0625. The molecule has 23 heavy (non-hydrogen) atoms. The van der Waals surface area contributed by atoms with Gasteiger partial charge in [0.15, 0.2) is 5.13 Å². The predicted molar refractivity (Wildman–Crippen MR) is 91.2 cm³/mol. The summed E-state index contributed by atoms with van der Waals surface area (Å²) in [6.45, 7) is 1.77. The number of carbonyl (C=O) groups is 1. The lowest BCUT2D eigenvalue weighted by Gasteiger charge is -2.04. The predicted octanol–water partition coefficient (Wildman–Crippen LogP) is 3.54. The SMILES string of the molecule is Cc1cc(-c2csc(Nc3cccc(N)n3)n2)ccc1C(=O)O. The second-order valence-corrected chi connectivity index (χ2v) is 5.80. The summed E-state index contributed by atoms with van der Waals surface area (Å²) in [4.78, 5) is 19.7. The first-order chi connectivity index (χ1) is 11.0. The van der Waals surface area contributed by atoms with Gasteiger partial charge in [-0.15, -0.1) is 11.3 Å². The number of hydrogen-bond donors (Lipinski definition) is 3. The Balaban J connectivity index is 1.84. The van der Waals surface area contributed by atoms with Gasteiger partial charge >= 0.3 is 5.97 Å². The molecular formula is C16H14N4O2S. The zero-order valence-corrected chi connectivity index (χ0v) is 13.1. The Morgan fingerprint density at radius 1 is 1.26 bits per heavy atom. The van der Waals surface area contributed by atoms with E-state index in [2.05, 4.69) is 15.3 Å². The molecule has 3 rings (SSSR count). The van der Waals surface area contributed by atoms with Crippen LogP contribution in [0.1, 0.15) is 15.9 Å². The van der Waals surface area contributed by atoms with Crippen molar-refractivity contribution in [1.82, 2.24) is 9.97 Å². The number of aryl methyl sites for hydroxylation is 1. The van der Waals surface area contributed by atoms with Crippen LogP contribution in [0.3, 0.4) is 0 Å². The summed E-state index contributed by atoms with van der Waals surface area (Å²) in [5.74, 6) is 0.136. The highest BCUT2D eigenvalue weighted by Gasteiger charge is 2.10. The van der Waals surface area contributed by atoms with Gasteiger partial charge in [-0.25, -0.2) is 14.8 Å². The fourth-order valence-corrected chi connectivity index (χ4v) is 2.88. The number of carboxylic acid groups (broad SMARTS) is 1. The van der Waals surface area contributed by atoms with Gasteiger partial charge in [0.1, 0.15) is 11.6 Å². The van der Waals surface area contributed by atoms with Crippen molar-refractivity contribution in [2.75, 3.05) is 11.1 Å². The highest BCUT2D eigenvalue weighted by molar-refractivity contribution is 7.14. The van der Waals surface area contributed by atoms with E-state index in [1.807, 2.05) is 23.6 Å². The fourth-order valence-electron chi connectivity index (χ4n) is 2.16. The second-order valence-electron chi connectivity index (χ2n) is 4.95. The van der Waals surface area contributed by atoms with E-state index in [1.165, 1.54) is 11.3 Å². The highest BCUT2D eigenvalue weighted by Crippen LogP contribution is 2.28. The molecule has 0 bridgehead atoms. The van der Waals surface area contributed by atoms with Crippen LogP contribution in [0, 0.1) is 6.92 Å². The summed E-state index contributed by atoms with van der Waals surface area (Å²) >= 11 is 1.44. The minimum atomic E-state index is -0.928. The molecule has 0 amide bonds. The monoisotopic (exact) mass is 326 g/mol. The first kappa shape index (κ1) is 15.0. The number of hydrogen-bond acceptors (Lipinski definition) is 6. The van der Waals surface area contributed by atoms with Crippen molar-refractivity contribution in [3.8, 4) is 11.3 Å². The lowest BCUT2D eigenvalue weighted by atomic mass is 10.0. The standard InChI is InChI=1S/C16H14N4O2S/c1-9-7-10(5-6-11(9)15(21)22)12-8-23-16(18-12)20-14-4-2-3-13(17)19-14/h2-8H,1H3,(H,21,22)(H3,17,18,19,20). The molecule has 0 aliphatic rings. The van der Waals surface area contributed by atoms with Crippen LogP contribution >= 0.6 is 11.3 Å². The Morgan fingerprint density at radius 3 is 2.78 bits per heavy atom. The third kappa shape index (κ3) is 3.29. The summed E-state index contributed by atoms with van der Waals surface area (Å²) in [6, 6.07) is 10.5. The normalized spacial score (nSPS) is 10.5. The largest absolute Gasteiger partial charge is 0.478 e. The molecule has 0 saturated carbocycles. The number of thiazole rings is 1. The van der Waals surface area contributed by atoms with Crippen LogP contribution < -0.4 is 11.1 Å². The van der Waals surface area contributed by atoms with Gasteiger partial charge in [0.2, 0.25) is 0 Å². The van der Waals surface area contributed by atoms with E-state index in [0.717, 1.165) is 11.3 Å². The van der Waals surface area contributed by atoms with Crippen LogP contribution in [0.2, 0.25) is 0 Å². The Hall–Kier alpha value is -2.93. The van der Waals surface area contributed by atoms with E-state index in [9.17, 15) is 4.79 Å². The second kappa shape index (κ2) is 6.05. The molecule has 116 valence electrons. The lowest BCUT2D eigenvalue weighted by Crippen LogP contribution is -1.99. The van der Waals surface area contributed by atoms with Crippen molar-refractivity contribution < 1.29 is 9.90 Å². The average molecular weight is 326 g/mol. The topological polar surface area (TPSA) is 101 Å². The van der Waals surface area contributed by atoms with Gasteiger partial charge in [-0.1, -0.05) is 12.1 Å². The molecule has 7 heteroatoms. The van der Waals surface area contributed by atoms with Crippen molar-refractivity contribution in [2.45, 2.75) is 6.92 Å². The maximum atomic E-state index is 11.1. The number of carboxylic acids is 1. The maximum absolute atomic E-state index is 11.1. The molecule has 4 N–H and O–H groups in total. The highest BCUT2D eigenvalue weighted by atomic mass is 32.1. The van der Waals surface area contributed by atoms with E-state index >= 15 is 0 Å². The van der Waals surface area contributed by atoms with E-state index < -0.39 is 5.97 Å². The van der Waals surface area contributed by atoms with Crippen molar-refractivity contribution in [1.29, 1.82) is 0 Å². The number of anilines is 3. The number of nitrogens with one attached hydrogen (secondary N) is 1. The maximum Gasteiger partial charge on any atom is 0.335 e. The van der Waals surface area contributed by atoms with Crippen LogP contribution in [-0.4, -0.2) is 21.0 Å². The summed E-state index contributed by atoms with van der Waals surface area (Å²) < 4.78 is 0. The van der Waals surface area contributed by atoms with Gasteiger partial charge in [0.05, 0.1) is 11.3 Å². The molecule has 2 aromatic heterocycles. The number of rotatable bonds is 4. The molecule has 1 aromatic carbocycles. The number of nitrogen functional groups attached to an aromatic ring is 1. The van der Waals surface area contributed by atoms with Gasteiger partial charge in [0.25, 0.3) is 0 Å². The summed E-state index contributed by atoms with van der Waals surface area (Å²) in [7, 11) is 0. The van der Waals surface area contributed by atoms with E-state index in [1.54, 1.807) is 25.1 Å². The van der Waals surface area contributed by atoms with Crippen molar-refractivity contribution in [2.24, 2.45) is 0 Å². The molecule has 0 unspecified atom stereocenters. The van der Waals surface area contributed by atoms with Gasteiger partial charge in [0, 0.05) is 10.9 Å². The number of benzene rings is 1. The Morgan fingerprint density at radius 2 is 2.09 bits per heavy atom.